The van der Waals surface area contributed by atoms with Gasteiger partial charge in [-0.1, -0.05) is 0 Å². The third kappa shape index (κ3) is 2.99. The van der Waals surface area contributed by atoms with Crippen LogP contribution in [-0.4, -0.2) is 44.8 Å². The first kappa shape index (κ1) is 16.1. The van der Waals surface area contributed by atoms with Crippen LogP contribution < -0.4 is 4.74 Å². The largest absolute Gasteiger partial charge is 0.480 e. The van der Waals surface area contributed by atoms with E-state index in [1.54, 1.807) is 6.07 Å². The normalized spacial score (nSPS) is 22.6. The zero-order valence-corrected chi connectivity index (χ0v) is 14.4. The van der Waals surface area contributed by atoms with Gasteiger partial charge in [-0.15, -0.1) is 0 Å². The highest BCUT2D eigenvalue weighted by Crippen LogP contribution is 2.31. The van der Waals surface area contributed by atoms with Crippen molar-refractivity contribution in [3.8, 4) is 5.75 Å². The summed E-state index contributed by atoms with van der Waals surface area (Å²) < 4.78 is 21.0. The maximum Gasteiger partial charge on any atom is 0.264 e. The molecule has 0 N–H and O–H groups in total. The SMILES string of the molecule is Cc1nc(C)n(C2CCCN(C(=O)C3Cc4cc(F)ccc4O3)C2)n1. The minimum absolute atomic E-state index is 0.0317. The van der Waals surface area contributed by atoms with E-state index in [4.69, 9.17) is 4.74 Å². The zero-order valence-electron chi connectivity index (χ0n) is 14.4. The average Bonchev–Trinajstić information content (AvgIpc) is 3.16. The number of carbonyl (C=O) groups excluding carboxylic acids is 1. The molecule has 3 heterocycles. The maximum absolute atomic E-state index is 13.4. The third-order valence-electron chi connectivity index (χ3n) is 4.93. The standard InChI is InChI=1S/C18H21FN4O2/c1-11-20-12(2)23(21-11)15-4-3-7-22(10-15)18(24)17-9-13-8-14(19)5-6-16(13)25-17/h5-6,8,15,17H,3-4,7,9-10H2,1-2H3. The van der Waals surface area contributed by atoms with E-state index >= 15 is 0 Å². The number of nitrogens with zero attached hydrogens (tertiary/aromatic N) is 4. The first-order valence-corrected chi connectivity index (χ1v) is 8.65. The number of rotatable bonds is 2. The van der Waals surface area contributed by atoms with Crippen molar-refractivity contribution < 1.29 is 13.9 Å². The number of hydrogen-bond acceptors (Lipinski definition) is 4. The molecule has 2 aliphatic heterocycles. The molecule has 2 unspecified atom stereocenters. The number of fused-ring (bicyclic) bond motifs is 1. The molecule has 0 bridgehead atoms. The molecule has 0 saturated carbocycles. The quantitative estimate of drug-likeness (QED) is 0.838. The second-order valence-corrected chi connectivity index (χ2v) is 6.79. The van der Waals surface area contributed by atoms with Gasteiger partial charge in [-0.25, -0.2) is 14.1 Å². The van der Waals surface area contributed by atoms with Gasteiger partial charge in [0.25, 0.3) is 5.91 Å². The minimum atomic E-state index is -0.561. The lowest BCUT2D eigenvalue weighted by atomic mass is 10.0. The monoisotopic (exact) mass is 344 g/mol. The van der Waals surface area contributed by atoms with Gasteiger partial charge in [0.05, 0.1) is 6.04 Å². The van der Waals surface area contributed by atoms with E-state index in [0.29, 0.717) is 25.3 Å². The second-order valence-electron chi connectivity index (χ2n) is 6.79. The van der Waals surface area contributed by atoms with Gasteiger partial charge in [0.15, 0.2) is 6.10 Å². The average molecular weight is 344 g/mol. The molecule has 2 aliphatic rings. The first-order chi connectivity index (χ1) is 12.0. The fourth-order valence-electron chi connectivity index (χ4n) is 3.79. The van der Waals surface area contributed by atoms with Crippen LogP contribution in [0.1, 0.15) is 36.1 Å². The van der Waals surface area contributed by atoms with Crippen molar-refractivity contribution in [1.29, 1.82) is 0 Å². The smallest absolute Gasteiger partial charge is 0.264 e. The fourth-order valence-corrected chi connectivity index (χ4v) is 3.79. The van der Waals surface area contributed by atoms with Crippen LogP contribution in [0.4, 0.5) is 4.39 Å². The summed E-state index contributed by atoms with van der Waals surface area (Å²) in [5.41, 5.74) is 0.759. The van der Waals surface area contributed by atoms with Crippen LogP contribution in [0, 0.1) is 19.7 Å². The molecular weight excluding hydrogens is 323 g/mol. The highest BCUT2D eigenvalue weighted by Gasteiger charge is 2.35. The lowest BCUT2D eigenvalue weighted by Gasteiger charge is -2.34. The van der Waals surface area contributed by atoms with Crippen LogP contribution in [-0.2, 0) is 11.2 Å². The number of ether oxygens (including phenoxy) is 1. The Kier molecular flexibility index (Phi) is 3.94. The van der Waals surface area contributed by atoms with Crippen LogP contribution in [0.2, 0.25) is 0 Å². The molecule has 1 saturated heterocycles. The number of likely N-dealkylation sites (tertiary alicyclic amines) is 1. The van der Waals surface area contributed by atoms with Crippen LogP contribution >= 0.6 is 0 Å². The highest BCUT2D eigenvalue weighted by atomic mass is 19.1. The molecule has 7 heteroatoms. The highest BCUT2D eigenvalue weighted by molar-refractivity contribution is 5.82. The van der Waals surface area contributed by atoms with Gasteiger partial charge in [0.1, 0.15) is 23.2 Å². The Bertz CT molecular complexity index is 819. The number of aromatic nitrogens is 3. The first-order valence-electron chi connectivity index (χ1n) is 8.65. The predicted octanol–water partition coefficient (Wildman–Crippen LogP) is 2.20. The number of carbonyl (C=O) groups is 1. The summed E-state index contributed by atoms with van der Waals surface area (Å²) in [5, 5.41) is 4.46. The zero-order chi connectivity index (χ0) is 17.6. The molecule has 4 rings (SSSR count). The Morgan fingerprint density at radius 1 is 1.36 bits per heavy atom. The molecule has 1 amide bonds. The van der Waals surface area contributed by atoms with Crippen molar-refractivity contribution in [2.45, 2.75) is 45.3 Å². The third-order valence-corrected chi connectivity index (χ3v) is 4.93. The van der Waals surface area contributed by atoms with E-state index in [0.717, 1.165) is 30.1 Å². The molecule has 132 valence electrons. The summed E-state index contributed by atoms with van der Waals surface area (Å²) in [4.78, 5) is 19.1. The van der Waals surface area contributed by atoms with Crippen LogP contribution in [0.3, 0.4) is 0 Å². The number of aryl methyl sites for hydroxylation is 2. The summed E-state index contributed by atoms with van der Waals surface area (Å²) >= 11 is 0. The van der Waals surface area contributed by atoms with Crippen molar-refractivity contribution in [2.75, 3.05) is 13.1 Å². The topological polar surface area (TPSA) is 60.2 Å². The summed E-state index contributed by atoms with van der Waals surface area (Å²) in [6.07, 6.45) is 1.76. The molecule has 1 fully saturated rings. The molecule has 0 spiro atoms. The van der Waals surface area contributed by atoms with Gasteiger partial charge >= 0.3 is 0 Å². The van der Waals surface area contributed by atoms with Crippen LogP contribution in [0.25, 0.3) is 0 Å². The van der Waals surface area contributed by atoms with Crippen LogP contribution in [0.15, 0.2) is 18.2 Å². The molecular formula is C18H21FN4O2. The molecule has 2 atom stereocenters. The van der Waals surface area contributed by atoms with E-state index in [9.17, 15) is 9.18 Å². The Hall–Kier alpha value is -2.44. The van der Waals surface area contributed by atoms with E-state index < -0.39 is 6.10 Å². The van der Waals surface area contributed by atoms with Crippen molar-refractivity contribution in [3.63, 3.8) is 0 Å². The Morgan fingerprint density at radius 3 is 2.96 bits per heavy atom. The minimum Gasteiger partial charge on any atom is -0.480 e. The molecule has 0 radical (unpaired) electrons. The van der Waals surface area contributed by atoms with Crippen molar-refractivity contribution in [3.05, 3.63) is 41.2 Å². The van der Waals surface area contributed by atoms with Crippen molar-refractivity contribution in [2.24, 2.45) is 0 Å². The van der Waals surface area contributed by atoms with Gasteiger partial charge in [-0.05, 0) is 44.9 Å². The Balaban J connectivity index is 1.47. The van der Waals surface area contributed by atoms with Gasteiger partial charge in [0, 0.05) is 25.1 Å². The van der Waals surface area contributed by atoms with Gasteiger partial charge in [0.2, 0.25) is 0 Å². The number of piperidine rings is 1. The molecule has 2 aromatic rings. The molecule has 25 heavy (non-hydrogen) atoms. The summed E-state index contributed by atoms with van der Waals surface area (Å²) in [6, 6.07) is 4.54. The lowest BCUT2D eigenvalue weighted by Crippen LogP contribution is -2.47. The molecule has 1 aromatic heterocycles. The summed E-state index contributed by atoms with van der Waals surface area (Å²) in [6.45, 7) is 5.13. The number of halogens is 1. The predicted molar refractivity (Wildman–Crippen MR) is 88.9 cm³/mol. The van der Waals surface area contributed by atoms with E-state index in [1.807, 2.05) is 23.4 Å². The van der Waals surface area contributed by atoms with Crippen molar-refractivity contribution in [1.82, 2.24) is 19.7 Å². The number of hydrogen-bond donors (Lipinski definition) is 0. The van der Waals surface area contributed by atoms with Gasteiger partial charge in [-0.2, -0.15) is 5.10 Å². The Labute approximate surface area is 145 Å². The molecule has 0 aliphatic carbocycles. The lowest BCUT2D eigenvalue weighted by molar-refractivity contribution is -0.139. The second kappa shape index (κ2) is 6.13. The fraction of sp³-hybridized carbons (Fsp3) is 0.500. The van der Waals surface area contributed by atoms with E-state index in [2.05, 4.69) is 10.1 Å². The Morgan fingerprint density at radius 2 is 2.20 bits per heavy atom. The van der Waals surface area contributed by atoms with Gasteiger partial charge in [-0.3, -0.25) is 4.79 Å². The number of benzene rings is 1. The van der Waals surface area contributed by atoms with Gasteiger partial charge < -0.3 is 9.64 Å². The van der Waals surface area contributed by atoms with Crippen LogP contribution in [0.5, 0.6) is 5.75 Å². The molecule has 6 nitrogen and oxygen atoms in total. The van der Waals surface area contributed by atoms with E-state index in [1.165, 1.54) is 12.1 Å². The maximum atomic E-state index is 13.4. The van der Waals surface area contributed by atoms with Crippen molar-refractivity contribution >= 4 is 5.91 Å². The summed E-state index contributed by atoms with van der Waals surface area (Å²) in [5.74, 6) is 1.90. The molecule has 1 aromatic carbocycles. The number of amides is 1. The van der Waals surface area contributed by atoms with E-state index in [-0.39, 0.29) is 17.8 Å². The summed E-state index contributed by atoms with van der Waals surface area (Å²) in [7, 11) is 0.